The summed E-state index contributed by atoms with van der Waals surface area (Å²) in [6, 6.07) is 8.39. The number of hydrogen-bond donors (Lipinski definition) is 0. The molecule has 4 rings (SSSR count). The van der Waals surface area contributed by atoms with E-state index >= 15 is 0 Å². The highest BCUT2D eigenvalue weighted by Crippen LogP contribution is 2.41. The molecule has 1 heterocycles. The van der Waals surface area contributed by atoms with Gasteiger partial charge in [-0.2, -0.15) is 18.3 Å². The van der Waals surface area contributed by atoms with Gasteiger partial charge >= 0.3 is 6.18 Å². The second-order valence-corrected chi connectivity index (χ2v) is 11.1. The number of ketones is 1. The number of alkyl halides is 3. The number of carbonyl (C=O) groups excluding carboxylic acids is 2. The predicted octanol–water partition coefficient (Wildman–Crippen LogP) is 6.35. The third-order valence-corrected chi connectivity index (χ3v) is 6.66. The summed E-state index contributed by atoms with van der Waals surface area (Å²) in [5.41, 5.74) is -0.378. The maximum absolute atomic E-state index is 13.3. The number of fused-ring (bicyclic) bond motifs is 1. The summed E-state index contributed by atoms with van der Waals surface area (Å²) in [7, 11) is 1.62. The molecule has 3 aromatic rings. The molecule has 1 aliphatic rings. The first-order valence-electron chi connectivity index (χ1n) is 12.5. The zero-order valence-corrected chi connectivity index (χ0v) is 22.3. The number of nitro groups is 1. The third-order valence-electron chi connectivity index (χ3n) is 6.66. The Hall–Kier alpha value is -4.02. The predicted molar refractivity (Wildman–Crippen MR) is 139 cm³/mol. The Kier molecular flexibility index (Phi) is 7.14. The van der Waals surface area contributed by atoms with Crippen molar-refractivity contribution in [3.63, 3.8) is 0 Å². The van der Waals surface area contributed by atoms with E-state index < -0.39 is 22.1 Å². The number of halogens is 3. The molecule has 0 unspecified atom stereocenters. The van der Waals surface area contributed by atoms with Crippen molar-refractivity contribution < 1.29 is 27.7 Å². The lowest BCUT2D eigenvalue weighted by molar-refractivity contribution is -0.384. The standard InChI is InChI=1S/C28H29F3N4O4/c1-16(2)15-33(5)26(37)18-8-11-20(21(12-18)35(38)39)34-22-13-27(3,4)14-23(36)24(22)25(32-34)17-6-9-19(10-7-17)28(29,30)31/h6-12,16H,13-15H2,1-5H3. The molecule has 0 N–H and O–H groups in total. The molecule has 2 aromatic carbocycles. The number of aromatic nitrogens is 2. The van der Waals surface area contributed by atoms with Crippen LogP contribution < -0.4 is 0 Å². The Morgan fingerprint density at radius 1 is 1.15 bits per heavy atom. The van der Waals surface area contributed by atoms with Crippen molar-refractivity contribution in [1.82, 2.24) is 14.7 Å². The highest BCUT2D eigenvalue weighted by Gasteiger charge is 2.38. The molecule has 0 aliphatic heterocycles. The minimum Gasteiger partial charge on any atom is -0.341 e. The first kappa shape index (κ1) is 28.0. The molecule has 1 aromatic heterocycles. The fraction of sp³-hybridized carbons (Fsp3) is 0.393. The molecule has 8 nitrogen and oxygen atoms in total. The molecule has 1 aliphatic carbocycles. The lowest BCUT2D eigenvalue weighted by Gasteiger charge is -2.29. The zero-order valence-electron chi connectivity index (χ0n) is 22.3. The minimum atomic E-state index is -4.53. The van der Waals surface area contributed by atoms with Crippen LogP contribution >= 0.6 is 0 Å². The smallest absolute Gasteiger partial charge is 0.341 e. The monoisotopic (exact) mass is 542 g/mol. The van der Waals surface area contributed by atoms with Crippen molar-refractivity contribution in [1.29, 1.82) is 0 Å². The summed E-state index contributed by atoms with van der Waals surface area (Å²) in [4.78, 5) is 39.2. The normalized spacial score (nSPS) is 14.8. The van der Waals surface area contributed by atoms with Crippen LogP contribution in [0, 0.1) is 21.4 Å². The van der Waals surface area contributed by atoms with Crippen molar-refractivity contribution in [2.24, 2.45) is 11.3 Å². The summed E-state index contributed by atoms with van der Waals surface area (Å²) >= 11 is 0. The molecule has 0 saturated carbocycles. The lowest BCUT2D eigenvalue weighted by atomic mass is 9.75. The van der Waals surface area contributed by atoms with E-state index in [0.717, 1.165) is 12.1 Å². The van der Waals surface area contributed by atoms with E-state index in [0.29, 0.717) is 18.7 Å². The second kappa shape index (κ2) is 9.94. The Balaban J connectivity index is 1.89. The maximum Gasteiger partial charge on any atom is 0.416 e. The number of nitrogens with zero attached hydrogens (tertiary/aromatic N) is 4. The zero-order chi connectivity index (χ0) is 28.9. The molecular formula is C28H29F3N4O4. The van der Waals surface area contributed by atoms with Gasteiger partial charge in [0, 0.05) is 37.2 Å². The number of nitro benzene ring substituents is 1. The Morgan fingerprint density at radius 2 is 1.79 bits per heavy atom. The van der Waals surface area contributed by atoms with Crippen molar-refractivity contribution in [2.75, 3.05) is 13.6 Å². The largest absolute Gasteiger partial charge is 0.416 e. The molecule has 0 saturated heterocycles. The summed E-state index contributed by atoms with van der Waals surface area (Å²) in [6.07, 6.45) is -3.98. The minimum absolute atomic E-state index is 0.0583. The highest BCUT2D eigenvalue weighted by atomic mass is 19.4. The van der Waals surface area contributed by atoms with Crippen molar-refractivity contribution in [3.05, 3.63) is 75.0 Å². The number of benzene rings is 2. The van der Waals surface area contributed by atoms with E-state index in [1.165, 1.54) is 39.9 Å². The summed E-state index contributed by atoms with van der Waals surface area (Å²) in [5.74, 6) is -0.414. The van der Waals surface area contributed by atoms with Crippen LogP contribution in [0.25, 0.3) is 16.9 Å². The van der Waals surface area contributed by atoms with Gasteiger partial charge in [-0.05, 0) is 42.0 Å². The molecule has 0 atom stereocenters. The Morgan fingerprint density at radius 3 is 2.36 bits per heavy atom. The maximum atomic E-state index is 13.3. The SMILES string of the molecule is CC(C)CN(C)C(=O)c1ccc(-n2nc(-c3ccc(C(F)(F)F)cc3)c3c2CC(C)(C)CC3=O)c([N+](=O)[O-])c1. The quantitative estimate of drug-likeness (QED) is 0.267. The van der Waals surface area contributed by atoms with E-state index in [4.69, 9.17) is 0 Å². The number of carbonyl (C=O) groups is 2. The number of Topliss-reactive ketones (excluding diaryl/α,β-unsaturated/α-hetero) is 1. The van der Waals surface area contributed by atoms with Crippen molar-refractivity contribution in [2.45, 2.75) is 46.7 Å². The molecule has 39 heavy (non-hydrogen) atoms. The third kappa shape index (κ3) is 5.57. The molecule has 0 fully saturated rings. The van der Waals surface area contributed by atoms with Gasteiger partial charge in [0.15, 0.2) is 5.78 Å². The average Bonchev–Trinajstić information content (AvgIpc) is 3.20. The summed E-state index contributed by atoms with van der Waals surface area (Å²) in [6.45, 7) is 8.16. The second-order valence-electron chi connectivity index (χ2n) is 11.1. The molecule has 206 valence electrons. The van der Waals surface area contributed by atoms with E-state index in [9.17, 15) is 32.9 Å². The molecule has 0 bridgehead atoms. The van der Waals surface area contributed by atoms with Gasteiger partial charge in [-0.25, -0.2) is 4.68 Å². The van der Waals surface area contributed by atoms with Gasteiger partial charge in [0.1, 0.15) is 11.4 Å². The fourth-order valence-corrected chi connectivity index (χ4v) is 5.00. The van der Waals surface area contributed by atoms with E-state index in [2.05, 4.69) is 5.10 Å². The number of rotatable bonds is 6. The van der Waals surface area contributed by atoms with Gasteiger partial charge in [0.05, 0.1) is 21.7 Å². The number of hydrogen-bond acceptors (Lipinski definition) is 5. The summed E-state index contributed by atoms with van der Waals surface area (Å²) < 4.78 is 40.7. The highest BCUT2D eigenvalue weighted by molar-refractivity contribution is 6.04. The first-order valence-corrected chi connectivity index (χ1v) is 12.5. The van der Waals surface area contributed by atoms with Gasteiger partial charge in [-0.3, -0.25) is 19.7 Å². The molecule has 11 heteroatoms. The van der Waals surface area contributed by atoms with E-state index in [1.807, 2.05) is 27.7 Å². The van der Waals surface area contributed by atoms with Crippen LogP contribution in [0.3, 0.4) is 0 Å². The Bertz CT molecular complexity index is 1460. The average molecular weight is 543 g/mol. The molecule has 0 radical (unpaired) electrons. The van der Waals surface area contributed by atoms with Gasteiger partial charge in [-0.15, -0.1) is 0 Å². The number of amides is 1. The van der Waals surface area contributed by atoms with Crippen molar-refractivity contribution in [3.8, 4) is 16.9 Å². The molecule has 0 spiro atoms. The van der Waals surface area contributed by atoms with Gasteiger partial charge < -0.3 is 4.90 Å². The van der Waals surface area contributed by atoms with Crippen LogP contribution in [0.5, 0.6) is 0 Å². The van der Waals surface area contributed by atoms with E-state index in [1.54, 1.807) is 7.05 Å². The molecular weight excluding hydrogens is 513 g/mol. The summed E-state index contributed by atoms with van der Waals surface area (Å²) in [5, 5.41) is 16.7. The van der Waals surface area contributed by atoms with Crippen LogP contribution in [0.2, 0.25) is 0 Å². The van der Waals surface area contributed by atoms with Crippen LogP contribution in [0.15, 0.2) is 42.5 Å². The Labute approximate surface area is 223 Å². The topological polar surface area (TPSA) is 98.3 Å². The first-order chi connectivity index (χ1) is 18.1. The molecule has 1 amide bonds. The lowest BCUT2D eigenvalue weighted by Crippen LogP contribution is -2.30. The van der Waals surface area contributed by atoms with Gasteiger partial charge in [0.25, 0.3) is 11.6 Å². The van der Waals surface area contributed by atoms with E-state index in [-0.39, 0.29) is 57.8 Å². The van der Waals surface area contributed by atoms with Crippen LogP contribution in [-0.4, -0.2) is 44.9 Å². The van der Waals surface area contributed by atoms with Crippen LogP contribution in [0.4, 0.5) is 18.9 Å². The van der Waals surface area contributed by atoms with Crippen LogP contribution in [-0.2, 0) is 12.6 Å². The van der Waals surface area contributed by atoms with Crippen LogP contribution in [0.1, 0.15) is 66.1 Å². The van der Waals surface area contributed by atoms with Crippen molar-refractivity contribution >= 4 is 17.4 Å². The van der Waals surface area contributed by atoms with Gasteiger partial charge in [-0.1, -0.05) is 39.8 Å². The van der Waals surface area contributed by atoms with Gasteiger partial charge in [0.2, 0.25) is 0 Å². The fourth-order valence-electron chi connectivity index (χ4n) is 5.00.